The molecule has 31 heavy (non-hydrogen) atoms. The topological polar surface area (TPSA) is 114 Å². The molecule has 1 aliphatic heterocycles. The maximum Gasteiger partial charge on any atom is 0.330 e. The van der Waals surface area contributed by atoms with Gasteiger partial charge in [-0.05, 0) is 27.7 Å². The summed E-state index contributed by atoms with van der Waals surface area (Å²) < 4.78 is 26.9. The molecule has 0 aliphatic carbocycles. The SMILES string of the molecule is CC=CC(=O)OC[C@@H](OC(=O)C=CC)[C@H]1OC[C@H](OC(=O)C=CC)[C@H]1OC(=O)C=CC. The van der Waals surface area contributed by atoms with E-state index in [1.807, 2.05) is 0 Å². The molecule has 0 N–H and O–H groups in total. The standard InChI is InChI=1S/C22H28O9/c1-5-9-17(23)27-13-15(29-18(24)10-6-2)21-22(31-20(26)12-8-4)16(14-28-21)30-19(25)11-7-3/h5-12,15-16,21-22H,13-14H2,1-4H3/t15-,16+,21-,22-/m1/s1. The van der Waals surface area contributed by atoms with Gasteiger partial charge in [0.1, 0.15) is 12.7 Å². The number of carbonyl (C=O) groups excluding carboxylic acids is 4. The van der Waals surface area contributed by atoms with Crippen LogP contribution in [0.15, 0.2) is 48.6 Å². The summed E-state index contributed by atoms with van der Waals surface area (Å²) in [4.78, 5) is 47.7. The predicted molar refractivity (Wildman–Crippen MR) is 110 cm³/mol. The second kappa shape index (κ2) is 13.9. The smallest absolute Gasteiger partial charge is 0.330 e. The molecule has 4 atom stereocenters. The van der Waals surface area contributed by atoms with Crippen LogP contribution in [0, 0.1) is 0 Å². The number of hydrogen-bond donors (Lipinski definition) is 0. The van der Waals surface area contributed by atoms with Gasteiger partial charge >= 0.3 is 23.9 Å². The molecule has 0 aromatic carbocycles. The quantitative estimate of drug-likeness (QED) is 0.288. The molecule has 0 amide bonds. The van der Waals surface area contributed by atoms with Gasteiger partial charge in [-0.3, -0.25) is 0 Å². The number of carbonyl (C=O) groups is 4. The van der Waals surface area contributed by atoms with Crippen molar-refractivity contribution in [2.75, 3.05) is 13.2 Å². The molecule has 1 saturated heterocycles. The summed E-state index contributed by atoms with van der Waals surface area (Å²) in [7, 11) is 0. The maximum atomic E-state index is 12.1. The number of rotatable bonds is 10. The summed E-state index contributed by atoms with van der Waals surface area (Å²) in [6.45, 7) is 6.09. The van der Waals surface area contributed by atoms with Gasteiger partial charge in [-0.25, -0.2) is 19.2 Å². The fourth-order valence-electron chi connectivity index (χ4n) is 2.67. The van der Waals surface area contributed by atoms with Crippen molar-refractivity contribution < 1.29 is 42.9 Å². The second-order valence-electron chi connectivity index (χ2n) is 6.28. The third-order valence-electron chi connectivity index (χ3n) is 3.90. The van der Waals surface area contributed by atoms with Gasteiger partial charge in [0.2, 0.25) is 0 Å². The Balaban J connectivity index is 3.12. The van der Waals surface area contributed by atoms with Gasteiger partial charge in [0, 0.05) is 24.3 Å². The van der Waals surface area contributed by atoms with E-state index in [2.05, 4.69) is 0 Å². The first-order chi connectivity index (χ1) is 14.9. The van der Waals surface area contributed by atoms with Crippen LogP contribution in [0.5, 0.6) is 0 Å². The Labute approximate surface area is 181 Å². The summed E-state index contributed by atoms with van der Waals surface area (Å²) in [6.07, 6.45) is 6.53. The molecular weight excluding hydrogens is 408 g/mol. The molecule has 9 nitrogen and oxygen atoms in total. The van der Waals surface area contributed by atoms with E-state index >= 15 is 0 Å². The van der Waals surface area contributed by atoms with E-state index in [0.717, 1.165) is 0 Å². The van der Waals surface area contributed by atoms with E-state index in [-0.39, 0.29) is 13.2 Å². The van der Waals surface area contributed by atoms with Gasteiger partial charge in [0.25, 0.3) is 0 Å². The first kappa shape index (κ1) is 25.8. The Hall–Kier alpha value is -3.20. The lowest BCUT2D eigenvalue weighted by molar-refractivity contribution is -0.172. The molecule has 0 bridgehead atoms. The molecule has 170 valence electrons. The third-order valence-corrected chi connectivity index (χ3v) is 3.90. The minimum absolute atomic E-state index is 0.109. The Morgan fingerprint density at radius 2 is 1.32 bits per heavy atom. The van der Waals surface area contributed by atoms with E-state index in [1.165, 1.54) is 48.6 Å². The van der Waals surface area contributed by atoms with E-state index < -0.39 is 48.3 Å². The Morgan fingerprint density at radius 3 is 1.90 bits per heavy atom. The summed E-state index contributed by atoms with van der Waals surface area (Å²) in [6, 6.07) is 0. The Kier molecular flexibility index (Phi) is 11.6. The second-order valence-corrected chi connectivity index (χ2v) is 6.28. The van der Waals surface area contributed by atoms with Gasteiger partial charge in [-0.15, -0.1) is 0 Å². The molecule has 1 fully saturated rings. The van der Waals surface area contributed by atoms with Crippen molar-refractivity contribution in [2.24, 2.45) is 0 Å². The fourth-order valence-corrected chi connectivity index (χ4v) is 2.67. The van der Waals surface area contributed by atoms with Gasteiger partial charge in [-0.1, -0.05) is 24.3 Å². The van der Waals surface area contributed by atoms with Crippen molar-refractivity contribution in [3.8, 4) is 0 Å². The van der Waals surface area contributed by atoms with Crippen LogP contribution >= 0.6 is 0 Å². The van der Waals surface area contributed by atoms with E-state index in [0.29, 0.717) is 0 Å². The van der Waals surface area contributed by atoms with Gasteiger partial charge in [0.15, 0.2) is 18.3 Å². The van der Waals surface area contributed by atoms with E-state index in [9.17, 15) is 19.2 Å². The summed E-state index contributed by atoms with van der Waals surface area (Å²) in [5, 5.41) is 0. The van der Waals surface area contributed by atoms with Crippen molar-refractivity contribution in [3.05, 3.63) is 48.6 Å². The normalized spacial score (nSPS) is 22.3. The number of ether oxygens (including phenoxy) is 5. The number of esters is 4. The lowest BCUT2D eigenvalue weighted by Gasteiger charge is -2.27. The van der Waals surface area contributed by atoms with E-state index in [1.54, 1.807) is 27.7 Å². The highest BCUT2D eigenvalue weighted by Gasteiger charge is 2.48. The van der Waals surface area contributed by atoms with Crippen LogP contribution in [0.1, 0.15) is 27.7 Å². The lowest BCUT2D eigenvalue weighted by atomic mass is 10.1. The maximum absolute atomic E-state index is 12.1. The first-order valence-corrected chi connectivity index (χ1v) is 9.77. The summed E-state index contributed by atoms with van der Waals surface area (Å²) >= 11 is 0. The molecule has 0 saturated carbocycles. The van der Waals surface area contributed by atoms with Gasteiger partial charge in [0.05, 0.1) is 6.61 Å². The molecule has 0 aromatic rings. The predicted octanol–water partition coefficient (Wildman–Crippen LogP) is 1.97. The largest absolute Gasteiger partial charge is 0.458 e. The number of hydrogen-bond acceptors (Lipinski definition) is 9. The van der Waals surface area contributed by atoms with Crippen LogP contribution in [0.25, 0.3) is 0 Å². The number of allylic oxidation sites excluding steroid dienone is 4. The van der Waals surface area contributed by atoms with Crippen LogP contribution in [-0.2, 0) is 42.9 Å². The molecular formula is C22H28O9. The van der Waals surface area contributed by atoms with Crippen LogP contribution in [0.2, 0.25) is 0 Å². The highest BCUT2D eigenvalue weighted by Crippen LogP contribution is 2.26. The fraction of sp³-hybridized carbons (Fsp3) is 0.455. The van der Waals surface area contributed by atoms with Gasteiger partial charge in [-0.2, -0.15) is 0 Å². The minimum Gasteiger partial charge on any atom is -0.458 e. The molecule has 1 aliphatic rings. The van der Waals surface area contributed by atoms with E-state index in [4.69, 9.17) is 23.7 Å². The van der Waals surface area contributed by atoms with Crippen molar-refractivity contribution in [2.45, 2.75) is 52.1 Å². The molecule has 0 aromatic heterocycles. The summed E-state index contributed by atoms with van der Waals surface area (Å²) in [5.74, 6) is -2.69. The monoisotopic (exact) mass is 436 g/mol. The van der Waals surface area contributed by atoms with Crippen molar-refractivity contribution in [3.63, 3.8) is 0 Å². The average Bonchev–Trinajstić information content (AvgIpc) is 3.08. The summed E-state index contributed by atoms with van der Waals surface area (Å²) in [5.41, 5.74) is 0. The van der Waals surface area contributed by atoms with Gasteiger partial charge < -0.3 is 23.7 Å². The zero-order valence-electron chi connectivity index (χ0n) is 18.0. The zero-order chi connectivity index (χ0) is 23.2. The highest BCUT2D eigenvalue weighted by atomic mass is 16.7. The van der Waals surface area contributed by atoms with Crippen molar-refractivity contribution in [1.82, 2.24) is 0 Å². The minimum atomic E-state index is -1.12. The molecule has 1 heterocycles. The Bertz CT molecular complexity index is 748. The average molecular weight is 436 g/mol. The van der Waals surface area contributed by atoms with Crippen molar-refractivity contribution in [1.29, 1.82) is 0 Å². The highest BCUT2D eigenvalue weighted by molar-refractivity contribution is 5.83. The third kappa shape index (κ3) is 9.00. The Morgan fingerprint density at radius 1 is 0.806 bits per heavy atom. The van der Waals surface area contributed by atoms with Crippen molar-refractivity contribution >= 4 is 23.9 Å². The molecule has 0 unspecified atom stereocenters. The first-order valence-electron chi connectivity index (χ1n) is 9.77. The molecule has 0 radical (unpaired) electrons. The zero-order valence-corrected chi connectivity index (χ0v) is 18.0. The molecule has 9 heteroatoms. The lowest BCUT2D eigenvalue weighted by Crippen LogP contribution is -2.46. The van der Waals surface area contributed by atoms with Crippen LogP contribution in [-0.4, -0.2) is 61.5 Å². The van der Waals surface area contributed by atoms with Crippen LogP contribution < -0.4 is 0 Å². The van der Waals surface area contributed by atoms with Crippen LogP contribution in [0.3, 0.4) is 0 Å². The molecule has 1 rings (SSSR count). The molecule has 0 spiro atoms. The van der Waals surface area contributed by atoms with Crippen LogP contribution in [0.4, 0.5) is 0 Å².